The van der Waals surface area contributed by atoms with Crippen LogP contribution in [0.1, 0.15) is 42.5 Å². The first-order valence-corrected chi connectivity index (χ1v) is 9.36. The molecule has 0 aliphatic heterocycles. The lowest BCUT2D eigenvalue weighted by Crippen LogP contribution is -2.22. The van der Waals surface area contributed by atoms with Gasteiger partial charge in [0.15, 0.2) is 11.5 Å². The zero-order valence-electron chi connectivity index (χ0n) is 15.7. The summed E-state index contributed by atoms with van der Waals surface area (Å²) in [4.78, 5) is 12.6. The number of para-hydroxylation sites is 1. The molecule has 2 aromatic rings. The molecule has 1 aliphatic carbocycles. The molecule has 2 aromatic carbocycles. The van der Waals surface area contributed by atoms with Crippen LogP contribution in [0, 0.1) is 0 Å². The number of carbonyl (C=O) groups is 1. The maximum atomic E-state index is 12.7. The number of halogens is 2. The number of amides is 1. The highest BCUT2D eigenvalue weighted by molar-refractivity contribution is 6.06. The fraction of sp³-hybridized carbons (Fsp3) is 0.381. The Kier molecular flexibility index (Phi) is 6.68. The van der Waals surface area contributed by atoms with E-state index in [4.69, 9.17) is 4.74 Å². The molecule has 1 aliphatic rings. The van der Waals surface area contributed by atoms with Crippen LogP contribution in [0.15, 0.2) is 42.5 Å². The predicted molar refractivity (Wildman–Crippen MR) is 105 cm³/mol. The maximum absolute atomic E-state index is 12.7. The Labute approximate surface area is 163 Å². The van der Waals surface area contributed by atoms with E-state index in [1.54, 1.807) is 18.2 Å². The average Bonchev–Trinajstić information content (AvgIpc) is 2.70. The second-order valence-electron chi connectivity index (χ2n) is 6.73. The number of alkyl halides is 2. The van der Waals surface area contributed by atoms with Crippen molar-refractivity contribution in [1.29, 1.82) is 0 Å². The van der Waals surface area contributed by atoms with Gasteiger partial charge in [0, 0.05) is 17.4 Å². The van der Waals surface area contributed by atoms with Crippen LogP contribution in [0.3, 0.4) is 0 Å². The van der Waals surface area contributed by atoms with Crippen LogP contribution in [0.4, 0.5) is 20.2 Å². The summed E-state index contributed by atoms with van der Waals surface area (Å²) < 4.78 is 35.0. The van der Waals surface area contributed by atoms with E-state index in [0.29, 0.717) is 11.7 Å². The smallest absolute Gasteiger partial charge is 0.387 e. The number of benzene rings is 2. The molecule has 1 fully saturated rings. The first-order valence-electron chi connectivity index (χ1n) is 9.36. The lowest BCUT2D eigenvalue weighted by Gasteiger charge is -2.24. The van der Waals surface area contributed by atoms with E-state index in [1.807, 2.05) is 12.1 Å². The molecule has 0 radical (unpaired) electrons. The Balaban J connectivity index is 1.69. The largest absolute Gasteiger partial charge is 0.493 e. The molecule has 0 bridgehead atoms. The number of methoxy groups -OCH3 is 1. The first kappa shape index (κ1) is 19.9. The van der Waals surface area contributed by atoms with Crippen molar-refractivity contribution in [3.8, 4) is 11.5 Å². The number of anilines is 2. The average molecular weight is 390 g/mol. The van der Waals surface area contributed by atoms with Crippen molar-refractivity contribution < 1.29 is 23.0 Å². The fourth-order valence-electron chi connectivity index (χ4n) is 3.40. The number of nitrogens with one attached hydrogen (secondary N) is 2. The van der Waals surface area contributed by atoms with Crippen molar-refractivity contribution in [3.05, 3.63) is 48.0 Å². The molecule has 0 heterocycles. The summed E-state index contributed by atoms with van der Waals surface area (Å²) in [6.45, 7) is -3.06. The van der Waals surface area contributed by atoms with Crippen LogP contribution in [0.5, 0.6) is 11.5 Å². The molecule has 0 spiro atoms. The van der Waals surface area contributed by atoms with Crippen molar-refractivity contribution in [2.75, 3.05) is 17.7 Å². The monoisotopic (exact) mass is 390 g/mol. The van der Waals surface area contributed by atoms with Crippen molar-refractivity contribution in [2.24, 2.45) is 0 Å². The van der Waals surface area contributed by atoms with Gasteiger partial charge in [0.1, 0.15) is 0 Å². The van der Waals surface area contributed by atoms with Gasteiger partial charge in [0.05, 0.1) is 12.7 Å². The highest BCUT2D eigenvalue weighted by atomic mass is 19.3. The van der Waals surface area contributed by atoms with E-state index in [-0.39, 0.29) is 17.1 Å². The van der Waals surface area contributed by atoms with Gasteiger partial charge in [0.25, 0.3) is 5.91 Å². The van der Waals surface area contributed by atoms with Crippen LogP contribution in [0.2, 0.25) is 0 Å². The molecule has 1 saturated carbocycles. The third-order valence-electron chi connectivity index (χ3n) is 4.77. The molecule has 0 unspecified atom stereocenters. The summed E-state index contributed by atoms with van der Waals surface area (Å²) in [5, 5.41) is 6.21. The van der Waals surface area contributed by atoms with E-state index in [0.717, 1.165) is 5.69 Å². The Hall–Kier alpha value is -2.83. The van der Waals surface area contributed by atoms with Gasteiger partial charge in [-0.3, -0.25) is 4.79 Å². The molecule has 0 aromatic heterocycles. The second-order valence-corrected chi connectivity index (χ2v) is 6.73. The minimum absolute atomic E-state index is 0.0240. The fourth-order valence-corrected chi connectivity index (χ4v) is 3.40. The van der Waals surface area contributed by atoms with Crippen molar-refractivity contribution in [2.45, 2.75) is 44.8 Å². The number of ether oxygens (including phenoxy) is 2. The molecule has 28 heavy (non-hydrogen) atoms. The number of rotatable bonds is 7. The summed E-state index contributed by atoms with van der Waals surface area (Å²) in [6, 6.07) is 12.2. The Bertz CT molecular complexity index is 791. The molecule has 3 rings (SSSR count). The van der Waals surface area contributed by atoms with Gasteiger partial charge in [-0.2, -0.15) is 8.78 Å². The third-order valence-corrected chi connectivity index (χ3v) is 4.77. The zero-order chi connectivity index (χ0) is 19.9. The van der Waals surface area contributed by atoms with Crippen molar-refractivity contribution >= 4 is 17.3 Å². The Morgan fingerprint density at radius 2 is 1.71 bits per heavy atom. The summed E-state index contributed by atoms with van der Waals surface area (Å²) in [7, 11) is 1.33. The minimum Gasteiger partial charge on any atom is -0.493 e. The molecular formula is C21H24F2N2O3. The highest BCUT2D eigenvalue weighted by Gasteiger charge is 2.20. The number of carbonyl (C=O) groups excluding carboxylic acids is 1. The summed E-state index contributed by atoms with van der Waals surface area (Å²) in [6.07, 6.45) is 6.12. The topological polar surface area (TPSA) is 59.6 Å². The maximum Gasteiger partial charge on any atom is 0.387 e. The lowest BCUT2D eigenvalue weighted by atomic mass is 9.95. The first-order chi connectivity index (χ1) is 13.6. The predicted octanol–water partition coefficient (Wildman–Crippen LogP) is 5.29. The lowest BCUT2D eigenvalue weighted by molar-refractivity contribution is -0.0515. The van der Waals surface area contributed by atoms with E-state index < -0.39 is 12.5 Å². The van der Waals surface area contributed by atoms with E-state index >= 15 is 0 Å². The van der Waals surface area contributed by atoms with Crippen LogP contribution in [0.25, 0.3) is 0 Å². The van der Waals surface area contributed by atoms with Gasteiger partial charge in [-0.05, 0) is 49.2 Å². The van der Waals surface area contributed by atoms with Crippen LogP contribution >= 0.6 is 0 Å². The molecule has 5 nitrogen and oxygen atoms in total. The Morgan fingerprint density at radius 3 is 2.36 bits per heavy atom. The molecule has 2 N–H and O–H groups in total. The molecule has 0 atom stereocenters. The van der Waals surface area contributed by atoms with Crippen molar-refractivity contribution in [1.82, 2.24) is 0 Å². The normalized spacial score (nSPS) is 14.6. The van der Waals surface area contributed by atoms with Gasteiger partial charge < -0.3 is 20.1 Å². The number of hydrogen-bond acceptors (Lipinski definition) is 4. The van der Waals surface area contributed by atoms with E-state index in [2.05, 4.69) is 15.4 Å². The Morgan fingerprint density at radius 1 is 1.04 bits per heavy atom. The highest BCUT2D eigenvalue weighted by Crippen LogP contribution is 2.33. The van der Waals surface area contributed by atoms with Gasteiger partial charge in [-0.15, -0.1) is 0 Å². The standard InChI is InChI=1S/C21H24F2N2O3/c1-27-18-9-5-8-17(19(18)28-21(22)23)20(26)25-16-12-10-15(11-13-16)24-14-6-3-2-4-7-14/h5,8-14,21,24H,2-4,6-7H2,1H3,(H,25,26). The summed E-state index contributed by atoms with van der Waals surface area (Å²) >= 11 is 0. The van der Waals surface area contributed by atoms with Gasteiger partial charge in [-0.25, -0.2) is 0 Å². The van der Waals surface area contributed by atoms with Gasteiger partial charge in [0.2, 0.25) is 0 Å². The second kappa shape index (κ2) is 9.39. The molecule has 0 saturated heterocycles. The minimum atomic E-state index is -3.06. The quantitative estimate of drug-likeness (QED) is 0.674. The molecule has 150 valence electrons. The SMILES string of the molecule is COc1cccc(C(=O)Nc2ccc(NC3CCCCC3)cc2)c1OC(F)F. The molecule has 7 heteroatoms. The van der Waals surface area contributed by atoms with Gasteiger partial charge in [-0.1, -0.05) is 25.3 Å². The van der Waals surface area contributed by atoms with Gasteiger partial charge >= 0.3 is 6.61 Å². The third kappa shape index (κ3) is 5.12. The van der Waals surface area contributed by atoms with E-state index in [1.165, 1.54) is 51.3 Å². The number of hydrogen-bond donors (Lipinski definition) is 2. The van der Waals surface area contributed by atoms with Crippen LogP contribution in [-0.4, -0.2) is 25.7 Å². The summed E-state index contributed by atoms with van der Waals surface area (Å²) in [5.41, 5.74) is 1.53. The van der Waals surface area contributed by atoms with E-state index in [9.17, 15) is 13.6 Å². The van der Waals surface area contributed by atoms with Crippen LogP contribution in [-0.2, 0) is 0 Å². The summed E-state index contributed by atoms with van der Waals surface area (Å²) in [5.74, 6) is -0.768. The molecular weight excluding hydrogens is 366 g/mol. The van der Waals surface area contributed by atoms with Crippen molar-refractivity contribution in [3.63, 3.8) is 0 Å². The van der Waals surface area contributed by atoms with Crippen LogP contribution < -0.4 is 20.1 Å². The zero-order valence-corrected chi connectivity index (χ0v) is 15.7. The molecule has 1 amide bonds.